The molecular weight excluding hydrogens is 442 g/mol. The van der Waals surface area contributed by atoms with Crippen LogP contribution in [0.25, 0.3) is 16.9 Å². The molecule has 174 valence electrons. The monoisotopic (exact) mass is 465 g/mol. The van der Waals surface area contributed by atoms with Crippen molar-refractivity contribution < 1.29 is 9.59 Å². The summed E-state index contributed by atoms with van der Waals surface area (Å²) >= 11 is 0. The molecule has 1 aliphatic rings. The number of nitrogens with two attached hydrogens (primary N) is 1. The SMILES string of the molecule is N#Cc1ccc(CN2CCN(C(=O)c3cc(-c4ccccc4)nc4c(C(N)=O)ncn34)CC2)cc1. The fourth-order valence-electron chi connectivity index (χ4n) is 4.28. The van der Waals surface area contributed by atoms with Gasteiger partial charge in [-0.15, -0.1) is 0 Å². The lowest BCUT2D eigenvalue weighted by Crippen LogP contribution is -2.48. The Bertz CT molecular complexity index is 1430. The first-order valence-corrected chi connectivity index (χ1v) is 11.3. The minimum atomic E-state index is -0.694. The number of primary amides is 1. The zero-order valence-corrected chi connectivity index (χ0v) is 19.0. The summed E-state index contributed by atoms with van der Waals surface area (Å²) in [5.74, 6) is -0.846. The van der Waals surface area contributed by atoms with Crippen LogP contribution in [0, 0.1) is 11.3 Å². The van der Waals surface area contributed by atoms with Crippen molar-refractivity contribution >= 4 is 17.5 Å². The highest BCUT2D eigenvalue weighted by molar-refractivity contribution is 5.99. The van der Waals surface area contributed by atoms with Crippen molar-refractivity contribution in [2.75, 3.05) is 26.2 Å². The molecule has 9 heteroatoms. The van der Waals surface area contributed by atoms with E-state index in [1.54, 1.807) is 6.07 Å². The Kier molecular flexibility index (Phi) is 5.95. The molecular formula is C26H23N7O2. The summed E-state index contributed by atoms with van der Waals surface area (Å²) in [5, 5.41) is 8.97. The van der Waals surface area contributed by atoms with Crippen LogP contribution in [0.1, 0.15) is 32.1 Å². The van der Waals surface area contributed by atoms with Gasteiger partial charge < -0.3 is 10.6 Å². The molecule has 1 fully saturated rings. The summed E-state index contributed by atoms with van der Waals surface area (Å²) < 4.78 is 1.54. The number of aromatic nitrogens is 3. The van der Waals surface area contributed by atoms with Gasteiger partial charge in [-0.3, -0.25) is 18.9 Å². The highest BCUT2D eigenvalue weighted by atomic mass is 16.2. The van der Waals surface area contributed by atoms with Gasteiger partial charge >= 0.3 is 0 Å². The second-order valence-electron chi connectivity index (χ2n) is 8.42. The summed E-state index contributed by atoms with van der Waals surface area (Å²) in [6.45, 7) is 3.34. The molecule has 2 aromatic carbocycles. The zero-order chi connectivity index (χ0) is 24.4. The van der Waals surface area contributed by atoms with Gasteiger partial charge in [-0.2, -0.15) is 5.26 Å². The van der Waals surface area contributed by atoms with E-state index in [0.29, 0.717) is 30.0 Å². The van der Waals surface area contributed by atoms with Crippen molar-refractivity contribution in [3.63, 3.8) is 0 Å². The molecule has 0 aliphatic carbocycles. The average molecular weight is 466 g/mol. The Balaban J connectivity index is 1.38. The molecule has 1 aliphatic heterocycles. The lowest BCUT2D eigenvalue weighted by Gasteiger charge is -2.34. The third-order valence-electron chi connectivity index (χ3n) is 6.17. The Morgan fingerprint density at radius 1 is 1.00 bits per heavy atom. The first-order valence-electron chi connectivity index (χ1n) is 11.3. The molecule has 2 amide bonds. The molecule has 1 saturated heterocycles. The number of nitriles is 1. The van der Waals surface area contributed by atoms with Crippen LogP contribution in [0.5, 0.6) is 0 Å². The summed E-state index contributed by atoms with van der Waals surface area (Å²) in [7, 11) is 0. The van der Waals surface area contributed by atoms with Gasteiger partial charge in [0.05, 0.1) is 17.3 Å². The average Bonchev–Trinajstić information content (AvgIpc) is 3.34. The lowest BCUT2D eigenvalue weighted by molar-refractivity contribution is 0.0621. The number of hydrogen-bond donors (Lipinski definition) is 1. The van der Waals surface area contributed by atoms with Gasteiger partial charge in [0.2, 0.25) is 0 Å². The van der Waals surface area contributed by atoms with E-state index in [4.69, 9.17) is 11.0 Å². The molecule has 0 atom stereocenters. The molecule has 2 N–H and O–H groups in total. The first kappa shape index (κ1) is 22.3. The molecule has 2 aromatic heterocycles. The molecule has 9 nitrogen and oxygen atoms in total. The van der Waals surface area contributed by atoms with Crippen LogP contribution in [0.3, 0.4) is 0 Å². The van der Waals surface area contributed by atoms with Crippen LogP contribution < -0.4 is 5.73 Å². The van der Waals surface area contributed by atoms with Crippen LogP contribution in [-0.4, -0.2) is 62.2 Å². The topological polar surface area (TPSA) is 121 Å². The fourth-order valence-corrected chi connectivity index (χ4v) is 4.28. The maximum absolute atomic E-state index is 13.6. The van der Waals surface area contributed by atoms with E-state index in [1.165, 1.54) is 10.7 Å². The van der Waals surface area contributed by atoms with Crippen LogP contribution in [0.2, 0.25) is 0 Å². The van der Waals surface area contributed by atoms with E-state index >= 15 is 0 Å². The maximum atomic E-state index is 13.6. The van der Waals surface area contributed by atoms with Crippen molar-refractivity contribution in [3.8, 4) is 17.3 Å². The molecule has 5 rings (SSSR count). The van der Waals surface area contributed by atoms with Gasteiger partial charge in [0, 0.05) is 38.3 Å². The predicted molar refractivity (Wildman–Crippen MR) is 129 cm³/mol. The van der Waals surface area contributed by atoms with Crippen molar-refractivity contribution in [1.29, 1.82) is 5.26 Å². The molecule has 0 unspecified atom stereocenters. The molecule has 0 saturated carbocycles. The highest BCUT2D eigenvalue weighted by Gasteiger charge is 2.26. The van der Waals surface area contributed by atoms with Crippen LogP contribution >= 0.6 is 0 Å². The fraction of sp³-hybridized carbons (Fsp3) is 0.192. The lowest BCUT2D eigenvalue weighted by atomic mass is 10.1. The standard InChI is InChI=1S/C26H23N7O2/c27-15-18-6-8-19(9-7-18)16-31-10-12-32(13-11-31)26(35)22-14-21(20-4-2-1-3-5-20)30-25-23(24(28)34)29-17-33(22)25/h1-9,14,17H,10-13,16H2,(H2,28,34). The number of rotatable bonds is 5. The molecule has 0 spiro atoms. The van der Waals surface area contributed by atoms with Crippen molar-refractivity contribution in [1.82, 2.24) is 24.2 Å². The molecule has 3 heterocycles. The summed E-state index contributed by atoms with van der Waals surface area (Å²) in [4.78, 5) is 38.3. The number of benzene rings is 2. The number of carbonyl (C=O) groups excluding carboxylic acids is 2. The van der Waals surface area contributed by atoms with E-state index < -0.39 is 5.91 Å². The predicted octanol–water partition coefficient (Wildman–Crippen LogP) is 2.32. The first-order chi connectivity index (χ1) is 17.0. The number of imidazole rings is 1. The number of fused-ring (bicyclic) bond motifs is 1. The van der Waals surface area contributed by atoms with E-state index in [2.05, 4.69) is 20.9 Å². The van der Waals surface area contributed by atoms with Crippen molar-refractivity contribution in [2.24, 2.45) is 5.73 Å². The number of piperazine rings is 1. The van der Waals surface area contributed by atoms with Crippen LogP contribution in [0.4, 0.5) is 0 Å². The summed E-state index contributed by atoms with van der Waals surface area (Å²) in [6, 6.07) is 20.9. The largest absolute Gasteiger partial charge is 0.364 e. The smallest absolute Gasteiger partial charge is 0.271 e. The zero-order valence-electron chi connectivity index (χ0n) is 19.0. The second-order valence-corrected chi connectivity index (χ2v) is 8.42. The maximum Gasteiger partial charge on any atom is 0.271 e. The van der Waals surface area contributed by atoms with E-state index in [1.807, 2.05) is 59.5 Å². The number of amides is 2. The Hall–Kier alpha value is -4.55. The Morgan fingerprint density at radius 2 is 1.71 bits per heavy atom. The normalized spacial score (nSPS) is 14.1. The van der Waals surface area contributed by atoms with Gasteiger partial charge in [-0.25, -0.2) is 9.97 Å². The van der Waals surface area contributed by atoms with Gasteiger partial charge in [0.25, 0.3) is 11.8 Å². The molecule has 35 heavy (non-hydrogen) atoms. The van der Waals surface area contributed by atoms with E-state index in [9.17, 15) is 9.59 Å². The number of nitrogens with zero attached hydrogens (tertiary/aromatic N) is 6. The van der Waals surface area contributed by atoms with Gasteiger partial charge in [-0.05, 0) is 23.8 Å². The second kappa shape index (κ2) is 9.37. The molecule has 0 bridgehead atoms. The van der Waals surface area contributed by atoms with Crippen LogP contribution in [0.15, 0.2) is 67.0 Å². The molecule has 4 aromatic rings. The van der Waals surface area contributed by atoms with E-state index in [0.717, 1.165) is 30.8 Å². The summed E-state index contributed by atoms with van der Waals surface area (Å²) in [6.07, 6.45) is 1.42. The summed E-state index contributed by atoms with van der Waals surface area (Å²) in [5.41, 5.74) is 9.36. The Labute approximate surface area is 202 Å². The van der Waals surface area contributed by atoms with Crippen LogP contribution in [-0.2, 0) is 6.54 Å². The quantitative estimate of drug-likeness (QED) is 0.483. The number of carbonyl (C=O) groups is 2. The van der Waals surface area contributed by atoms with Crippen molar-refractivity contribution in [2.45, 2.75) is 6.54 Å². The minimum absolute atomic E-state index is 0.0315. The highest BCUT2D eigenvalue weighted by Crippen LogP contribution is 2.22. The molecule has 0 radical (unpaired) electrons. The Morgan fingerprint density at radius 3 is 2.37 bits per heavy atom. The third kappa shape index (κ3) is 4.47. The minimum Gasteiger partial charge on any atom is -0.364 e. The van der Waals surface area contributed by atoms with Gasteiger partial charge in [-0.1, -0.05) is 42.5 Å². The number of hydrogen-bond acceptors (Lipinski definition) is 6. The third-order valence-corrected chi connectivity index (χ3v) is 6.17. The van der Waals surface area contributed by atoms with E-state index in [-0.39, 0.29) is 17.2 Å². The van der Waals surface area contributed by atoms with Gasteiger partial charge in [0.15, 0.2) is 11.3 Å². The van der Waals surface area contributed by atoms with Crippen molar-refractivity contribution in [3.05, 3.63) is 89.5 Å². The van der Waals surface area contributed by atoms with Gasteiger partial charge in [0.1, 0.15) is 12.0 Å².